The Hall–Kier alpha value is -2.88. The molecular weight excluding hydrogens is 817 g/mol. The first-order valence-corrected chi connectivity index (χ1v) is 24.3. The maximum absolute atomic E-state index is 12.0. The van der Waals surface area contributed by atoms with Crippen molar-refractivity contribution in [1.82, 2.24) is 30.6 Å². The second kappa shape index (κ2) is 15.8. The molecule has 0 saturated carbocycles. The summed E-state index contributed by atoms with van der Waals surface area (Å²) in [6.07, 6.45) is 5.71. The summed E-state index contributed by atoms with van der Waals surface area (Å²) in [5, 5.41) is 56.7. The van der Waals surface area contributed by atoms with Gasteiger partial charge in [-0.15, -0.1) is 0 Å². The SMILES string of the molecule is CN1C(C)(C)c2cc3c(cc2C1(C)C)OC(C(O)CNCC1=CC(C)(CC2(C)C(CNCC(O)C4CCc5cc6c(cc5O4)C(C)(C)N(C)C6(C)C)=CC(C)(C)N2O)N(O)C1(C)C)CC3. The van der Waals surface area contributed by atoms with E-state index >= 15 is 0 Å². The molecule has 6 atom stereocenters. The number of nitrogens with zero attached hydrogens (tertiary/aromatic N) is 4. The van der Waals surface area contributed by atoms with E-state index in [2.05, 4.69) is 126 Å². The Labute approximate surface area is 389 Å². The van der Waals surface area contributed by atoms with Crippen LogP contribution < -0.4 is 20.1 Å². The molecule has 0 saturated heterocycles. The van der Waals surface area contributed by atoms with Crippen molar-refractivity contribution in [2.75, 3.05) is 40.3 Å². The number of benzene rings is 2. The monoisotopic (exact) mass is 899 g/mol. The molecule has 6 unspecified atom stereocenters. The van der Waals surface area contributed by atoms with Crippen molar-refractivity contribution < 1.29 is 30.1 Å². The summed E-state index contributed by atoms with van der Waals surface area (Å²) < 4.78 is 13.1. The molecule has 360 valence electrons. The second-order valence-corrected chi connectivity index (χ2v) is 24.1. The Morgan fingerprint density at radius 2 is 0.969 bits per heavy atom. The van der Waals surface area contributed by atoms with Gasteiger partial charge in [0.15, 0.2) is 0 Å². The second-order valence-electron chi connectivity index (χ2n) is 24.1. The molecule has 0 spiro atoms. The minimum atomic E-state index is -0.841. The molecule has 12 nitrogen and oxygen atoms in total. The number of aliphatic hydroxyl groups excluding tert-OH is 2. The highest BCUT2D eigenvalue weighted by molar-refractivity contribution is 5.53. The number of rotatable bonds is 12. The van der Waals surface area contributed by atoms with Crippen LogP contribution in [-0.2, 0) is 35.0 Å². The fourth-order valence-electron chi connectivity index (χ4n) is 12.9. The van der Waals surface area contributed by atoms with Gasteiger partial charge >= 0.3 is 0 Å². The number of hydroxylamine groups is 4. The zero-order chi connectivity index (χ0) is 47.8. The van der Waals surface area contributed by atoms with Crippen molar-refractivity contribution in [1.29, 1.82) is 0 Å². The van der Waals surface area contributed by atoms with E-state index in [0.717, 1.165) is 48.3 Å². The first-order chi connectivity index (χ1) is 29.9. The van der Waals surface area contributed by atoms with Gasteiger partial charge in [-0.25, -0.2) is 0 Å². The molecule has 0 aromatic heterocycles. The van der Waals surface area contributed by atoms with Gasteiger partial charge in [-0.2, -0.15) is 10.1 Å². The highest BCUT2D eigenvalue weighted by Crippen LogP contribution is 2.53. The van der Waals surface area contributed by atoms with Crippen LogP contribution in [0, 0.1) is 0 Å². The zero-order valence-electron chi connectivity index (χ0n) is 42.5. The lowest BCUT2D eigenvalue weighted by molar-refractivity contribution is -0.228. The first kappa shape index (κ1) is 48.6. The van der Waals surface area contributed by atoms with Crippen LogP contribution in [-0.4, -0.2) is 127 Å². The van der Waals surface area contributed by atoms with Gasteiger partial charge in [-0.05, 0) is 212 Å². The fourth-order valence-corrected chi connectivity index (χ4v) is 12.9. The molecule has 6 N–H and O–H groups in total. The normalized spacial score (nSPS) is 31.6. The Balaban J connectivity index is 0.890. The summed E-state index contributed by atoms with van der Waals surface area (Å²) >= 11 is 0. The molecule has 0 radical (unpaired) electrons. The highest BCUT2D eigenvalue weighted by Gasteiger charge is 2.56. The third kappa shape index (κ3) is 7.65. The van der Waals surface area contributed by atoms with E-state index in [1.807, 2.05) is 41.5 Å². The number of fused-ring (bicyclic) bond motifs is 4. The van der Waals surface area contributed by atoms with Crippen molar-refractivity contribution in [3.8, 4) is 11.5 Å². The minimum absolute atomic E-state index is 0.0745. The minimum Gasteiger partial charge on any atom is -0.487 e. The van der Waals surface area contributed by atoms with E-state index in [4.69, 9.17) is 9.47 Å². The number of hydrogen-bond acceptors (Lipinski definition) is 12. The topological polar surface area (TPSA) is 136 Å². The molecule has 65 heavy (non-hydrogen) atoms. The molecule has 6 aliphatic heterocycles. The van der Waals surface area contributed by atoms with Gasteiger partial charge in [0.05, 0.1) is 22.2 Å². The van der Waals surface area contributed by atoms with Gasteiger partial charge in [0.25, 0.3) is 0 Å². The molecule has 0 fully saturated rings. The third-order valence-electron chi connectivity index (χ3n) is 17.8. The van der Waals surface area contributed by atoms with Crippen molar-refractivity contribution in [3.63, 3.8) is 0 Å². The van der Waals surface area contributed by atoms with E-state index in [-0.39, 0.29) is 34.4 Å². The summed E-state index contributed by atoms with van der Waals surface area (Å²) in [6.45, 7) is 31.8. The average molecular weight is 899 g/mol. The standard InChI is InChI=1S/C53H82N6O6/c1-46(2)25-35(28-55-30-41(61)43-20-18-33-22-37-39(24-45(33)65-43)51(11,12)57(16)49(37,7)8)53(14,58(46)62)31-52(13)26-34(47(3,4)59(52)63)27-54-29-40(60)42-19-17-32-21-36-38(23-44(32)64-42)50(9,10)56(15)48(36,5)6/h21-26,40-43,54-55,60-63H,17-20,27-31H2,1-16H3. The summed E-state index contributed by atoms with van der Waals surface area (Å²) in [5.41, 5.74) is 6.20. The van der Waals surface area contributed by atoms with Crippen molar-refractivity contribution in [2.45, 2.75) is 198 Å². The van der Waals surface area contributed by atoms with E-state index in [1.54, 1.807) is 0 Å². The van der Waals surface area contributed by atoms with Gasteiger partial charge < -0.3 is 40.7 Å². The molecule has 8 rings (SSSR count). The van der Waals surface area contributed by atoms with Gasteiger partial charge in [0.1, 0.15) is 35.9 Å². The maximum Gasteiger partial charge on any atom is 0.126 e. The lowest BCUT2D eigenvalue weighted by Gasteiger charge is -2.46. The third-order valence-corrected chi connectivity index (χ3v) is 17.8. The molecule has 2 aromatic rings. The van der Waals surface area contributed by atoms with Crippen LogP contribution in [0.3, 0.4) is 0 Å². The van der Waals surface area contributed by atoms with Crippen LogP contribution in [0.25, 0.3) is 0 Å². The van der Waals surface area contributed by atoms with Gasteiger partial charge in [0.2, 0.25) is 0 Å². The van der Waals surface area contributed by atoms with Gasteiger partial charge in [0, 0.05) is 48.3 Å². The molecule has 0 amide bonds. The molecule has 2 aromatic carbocycles. The number of aliphatic hydroxyl groups is 2. The van der Waals surface area contributed by atoms with Crippen LogP contribution in [0.15, 0.2) is 47.6 Å². The predicted molar refractivity (Wildman–Crippen MR) is 257 cm³/mol. The van der Waals surface area contributed by atoms with Crippen LogP contribution in [0.1, 0.15) is 150 Å². The van der Waals surface area contributed by atoms with Crippen LogP contribution in [0.2, 0.25) is 0 Å². The van der Waals surface area contributed by atoms with Crippen LogP contribution in [0.4, 0.5) is 0 Å². The summed E-state index contributed by atoms with van der Waals surface area (Å²) in [4.78, 5) is 4.85. The van der Waals surface area contributed by atoms with Crippen molar-refractivity contribution in [2.24, 2.45) is 0 Å². The smallest absolute Gasteiger partial charge is 0.126 e. The van der Waals surface area contributed by atoms with E-state index in [1.165, 1.54) is 43.5 Å². The predicted octanol–water partition coefficient (Wildman–Crippen LogP) is 7.23. The Bertz CT molecular complexity index is 2260. The van der Waals surface area contributed by atoms with E-state index < -0.39 is 34.4 Å². The van der Waals surface area contributed by atoms with E-state index in [0.29, 0.717) is 32.6 Å². The largest absolute Gasteiger partial charge is 0.487 e. The lowest BCUT2D eigenvalue weighted by Crippen LogP contribution is -2.58. The average Bonchev–Trinajstić information content (AvgIpc) is 3.63. The molecule has 0 aliphatic carbocycles. The Morgan fingerprint density at radius 1 is 0.569 bits per heavy atom. The van der Waals surface area contributed by atoms with Crippen molar-refractivity contribution in [3.05, 3.63) is 80.9 Å². The van der Waals surface area contributed by atoms with E-state index in [9.17, 15) is 20.6 Å². The van der Waals surface area contributed by atoms with Crippen LogP contribution >= 0.6 is 0 Å². The Morgan fingerprint density at radius 3 is 1.40 bits per heavy atom. The fraction of sp³-hybridized carbons (Fsp3) is 0.698. The highest BCUT2D eigenvalue weighted by atomic mass is 16.5. The van der Waals surface area contributed by atoms with Gasteiger partial charge in [-0.1, -0.05) is 12.2 Å². The molecule has 0 bridgehead atoms. The quantitative estimate of drug-likeness (QED) is 0.120. The number of ether oxygens (including phenoxy) is 2. The number of hydrogen-bond donors (Lipinski definition) is 6. The zero-order valence-corrected chi connectivity index (χ0v) is 42.5. The lowest BCUT2D eigenvalue weighted by atomic mass is 9.80. The van der Waals surface area contributed by atoms with Gasteiger partial charge in [-0.3, -0.25) is 9.80 Å². The van der Waals surface area contributed by atoms with Crippen molar-refractivity contribution >= 4 is 0 Å². The molecule has 12 heteroatoms. The van der Waals surface area contributed by atoms with Crippen LogP contribution in [0.5, 0.6) is 11.5 Å². The first-order valence-electron chi connectivity index (χ1n) is 24.3. The summed E-state index contributed by atoms with van der Waals surface area (Å²) in [5.74, 6) is 1.75. The maximum atomic E-state index is 12.0. The summed E-state index contributed by atoms with van der Waals surface area (Å²) in [6, 6.07) is 9.06. The Kier molecular flexibility index (Phi) is 11.8. The number of nitrogens with one attached hydrogen (secondary N) is 2. The summed E-state index contributed by atoms with van der Waals surface area (Å²) in [7, 11) is 4.37. The number of aryl methyl sites for hydroxylation is 2. The molecule has 6 aliphatic rings. The molecule has 6 heterocycles. The molecular formula is C53H82N6O6.